The highest BCUT2D eigenvalue weighted by molar-refractivity contribution is 5.45. The van der Waals surface area contributed by atoms with E-state index < -0.39 is 11.7 Å². The Balaban J connectivity index is 1.42. The van der Waals surface area contributed by atoms with E-state index >= 15 is 0 Å². The lowest BCUT2D eigenvalue weighted by molar-refractivity contribution is -0.137. The summed E-state index contributed by atoms with van der Waals surface area (Å²) >= 11 is 0. The first-order valence-electron chi connectivity index (χ1n) is 11.4. The van der Waals surface area contributed by atoms with Crippen molar-refractivity contribution in [1.82, 2.24) is 0 Å². The first-order chi connectivity index (χ1) is 15.3. The highest BCUT2D eigenvalue weighted by Crippen LogP contribution is 2.47. The molecule has 32 heavy (non-hydrogen) atoms. The largest absolute Gasteiger partial charge is 0.416 e. The second-order valence-electron chi connectivity index (χ2n) is 9.19. The molecule has 0 heterocycles. The standard InChI is InChI=1S/C28H28F4/c1-2-3-20-5-9-23-17-24(13-12-22(23)16-20)25-11-10-21(27(29)18-25)8-4-19-6-14-26(15-7-19)28(30,31)32/h2-3,6-7,10-11,14-15,18,20,22-24H,5,9,12-13,16-17H2,1H3/b3-2+. The molecule has 2 saturated carbocycles. The zero-order chi connectivity index (χ0) is 22.7. The summed E-state index contributed by atoms with van der Waals surface area (Å²) in [5.74, 6) is 7.81. The second kappa shape index (κ2) is 9.53. The highest BCUT2D eigenvalue weighted by atomic mass is 19.4. The summed E-state index contributed by atoms with van der Waals surface area (Å²) in [6.45, 7) is 2.09. The molecule has 0 radical (unpaired) electrons. The van der Waals surface area contributed by atoms with Crippen molar-refractivity contribution in [3.8, 4) is 11.8 Å². The lowest BCUT2D eigenvalue weighted by Crippen LogP contribution is -2.30. The van der Waals surface area contributed by atoms with Crippen molar-refractivity contribution < 1.29 is 17.6 Å². The topological polar surface area (TPSA) is 0 Å². The SMILES string of the molecule is C/C=C/C1CCC2CC(c3ccc(C#Cc4ccc(C(F)(F)F)cc4)c(F)c3)CCC2C1. The zero-order valence-electron chi connectivity index (χ0n) is 18.3. The summed E-state index contributed by atoms with van der Waals surface area (Å²) in [4.78, 5) is 0. The van der Waals surface area contributed by atoms with Crippen molar-refractivity contribution in [2.24, 2.45) is 17.8 Å². The summed E-state index contributed by atoms with van der Waals surface area (Å²) in [5, 5.41) is 0. The van der Waals surface area contributed by atoms with Crippen LogP contribution in [0.2, 0.25) is 0 Å². The number of hydrogen-bond donors (Lipinski definition) is 0. The monoisotopic (exact) mass is 440 g/mol. The molecule has 2 fully saturated rings. The van der Waals surface area contributed by atoms with Crippen LogP contribution in [0, 0.1) is 35.4 Å². The summed E-state index contributed by atoms with van der Waals surface area (Å²) in [5.41, 5.74) is 1.02. The molecule has 0 spiro atoms. The van der Waals surface area contributed by atoms with Crippen molar-refractivity contribution in [3.63, 3.8) is 0 Å². The van der Waals surface area contributed by atoms with Crippen LogP contribution in [0.5, 0.6) is 0 Å². The van der Waals surface area contributed by atoms with Gasteiger partial charge in [0.05, 0.1) is 11.1 Å². The second-order valence-corrected chi connectivity index (χ2v) is 9.19. The Bertz CT molecular complexity index is 1020. The normalized spacial score (nSPS) is 25.8. The summed E-state index contributed by atoms with van der Waals surface area (Å²) in [6.07, 6.45) is 7.38. The van der Waals surface area contributed by atoms with E-state index in [-0.39, 0.29) is 11.4 Å². The third-order valence-electron chi connectivity index (χ3n) is 7.14. The van der Waals surface area contributed by atoms with E-state index in [2.05, 4.69) is 30.9 Å². The molecular formula is C28H28F4. The van der Waals surface area contributed by atoms with Crippen molar-refractivity contribution in [2.45, 2.75) is 57.5 Å². The van der Waals surface area contributed by atoms with E-state index in [1.807, 2.05) is 6.07 Å². The minimum absolute atomic E-state index is 0.272. The lowest BCUT2D eigenvalue weighted by atomic mass is 9.64. The number of allylic oxidation sites excluding steroid dienone is 2. The van der Waals surface area contributed by atoms with Crippen molar-refractivity contribution >= 4 is 0 Å². The molecule has 0 N–H and O–H groups in total. The van der Waals surface area contributed by atoms with Crippen molar-refractivity contribution in [3.05, 3.63) is 82.7 Å². The van der Waals surface area contributed by atoms with E-state index in [0.717, 1.165) is 48.3 Å². The minimum atomic E-state index is -4.38. The van der Waals surface area contributed by atoms with Crippen LogP contribution in [0.3, 0.4) is 0 Å². The molecular weight excluding hydrogens is 412 g/mol. The Morgan fingerprint density at radius 3 is 2.28 bits per heavy atom. The molecule has 0 aromatic heterocycles. The first kappa shape index (κ1) is 22.6. The molecule has 2 aromatic rings. The zero-order valence-corrected chi connectivity index (χ0v) is 18.3. The number of fused-ring (bicyclic) bond motifs is 1. The lowest BCUT2D eigenvalue weighted by Gasteiger charge is -2.41. The van der Waals surface area contributed by atoms with Gasteiger partial charge in [-0.2, -0.15) is 13.2 Å². The maximum Gasteiger partial charge on any atom is 0.416 e. The third kappa shape index (κ3) is 5.26. The Hall–Kier alpha value is -2.54. The molecule has 2 aliphatic carbocycles. The van der Waals surface area contributed by atoms with Gasteiger partial charge in [0.25, 0.3) is 0 Å². The molecule has 4 rings (SSSR count). The Kier molecular flexibility index (Phi) is 6.74. The average molecular weight is 441 g/mol. The first-order valence-corrected chi connectivity index (χ1v) is 11.4. The molecule has 0 amide bonds. The van der Waals surface area contributed by atoms with Gasteiger partial charge in [-0.3, -0.25) is 0 Å². The molecule has 0 saturated heterocycles. The minimum Gasteiger partial charge on any atom is -0.206 e. The van der Waals surface area contributed by atoms with Crippen LogP contribution in [0.4, 0.5) is 17.6 Å². The van der Waals surface area contributed by atoms with Gasteiger partial charge in [-0.05, 0) is 111 Å². The van der Waals surface area contributed by atoms with Crippen molar-refractivity contribution in [2.75, 3.05) is 0 Å². The average Bonchev–Trinajstić information content (AvgIpc) is 2.78. The van der Waals surface area contributed by atoms with E-state index in [9.17, 15) is 17.6 Å². The van der Waals surface area contributed by atoms with Crippen LogP contribution in [0.1, 0.15) is 73.6 Å². The van der Waals surface area contributed by atoms with Crippen LogP contribution in [0.25, 0.3) is 0 Å². The molecule has 0 aliphatic heterocycles. The van der Waals surface area contributed by atoms with E-state index in [1.165, 1.54) is 37.8 Å². The van der Waals surface area contributed by atoms with E-state index in [0.29, 0.717) is 11.5 Å². The molecule has 0 bridgehead atoms. The number of alkyl halides is 3. The van der Waals surface area contributed by atoms with Crippen LogP contribution < -0.4 is 0 Å². The smallest absolute Gasteiger partial charge is 0.206 e. The fraction of sp³-hybridized carbons (Fsp3) is 0.429. The Morgan fingerprint density at radius 1 is 0.875 bits per heavy atom. The van der Waals surface area contributed by atoms with Crippen LogP contribution >= 0.6 is 0 Å². The van der Waals surface area contributed by atoms with Gasteiger partial charge in [-0.25, -0.2) is 4.39 Å². The fourth-order valence-corrected chi connectivity index (χ4v) is 5.44. The quantitative estimate of drug-likeness (QED) is 0.251. The summed E-state index contributed by atoms with van der Waals surface area (Å²) in [7, 11) is 0. The Morgan fingerprint density at radius 2 is 1.59 bits per heavy atom. The van der Waals surface area contributed by atoms with Gasteiger partial charge in [0.2, 0.25) is 0 Å². The third-order valence-corrected chi connectivity index (χ3v) is 7.14. The highest BCUT2D eigenvalue weighted by Gasteiger charge is 2.35. The number of benzene rings is 2. The maximum atomic E-state index is 14.7. The molecule has 0 nitrogen and oxygen atoms in total. The van der Waals surface area contributed by atoms with E-state index in [1.54, 1.807) is 12.1 Å². The molecule has 4 unspecified atom stereocenters. The molecule has 4 heteroatoms. The van der Waals surface area contributed by atoms with Crippen LogP contribution in [0.15, 0.2) is 54.6 Å². The number of hydrogen-bond acceptors (Lipinski definition) is 0. The van der Waals surface area contributed by atoms with Gasteiger partial charge in [0.15, 0.2) is 0 Å². The Labute approximate surface area is 187 Å². The summed E-state index contributed by atoms with van der Waals surface area (Å²) in [6, 6.07) is 9.88. The number of rotatable bonds is 2. The maximum absolute atomic E-state index is 14.7. The molecule has 2 aliphatic rings. The van der Waals surface area contributed by atoms with Gasteiger partial charge >= 0.3 is 6.18 Å². The fourth-order valence-electron chi connectivity index (χ4n) is 5.44. The number of halogens is 4. The van der Waals surface area contributed by atoms with Gasteiger partial charge in [-0.15, -0.1) is 0 Å². The molecule has 168 valence electrons. The van der Waals surface area contributed by atoms with Gasteiger partial charge < -0.3 is 0 Å². The van der Waals surface area contributed by atoms with Gasteiger partial charge in [0.1, 0.15) is 5.82 Å². The predicted molar refractivity (Wildman–Crippen MR) is 120 cm³/mol. The van der Waals surface area contributed by atoms with Crippen molar-refractivity contribution in [1.29, 1.82) is 0 Å². The predicted octanol–water partition coefficient (Wildman–Crippen LogP) is 8.12. The van der Waals surface area contributed by atoms with Gasteiger partial charge in [-0.1, -0.05) is 30.1 Å². The van der Waals surface area contributed by atoms with E-state index in [4.69, 9.17) is 0 Å². The van der Waals surface area contributed by atoms with Gasteiger partial charge in [0, 0.05) is 5.56 Å². The van der Waals surface area contributed by atoms with Crippen LogP contribution in [-0.4, -0.2) is 0 Å². The molecule has 2 aromatic carbocycles. The molecule has 4 atom stereocenters. The summed E-state index contributed by atoms with van der Waals surface area (Å²) < 4.78 is 52.7. The van der Waals surface area contributed by atoms with Crippen LogP contribution in [-0.2, 0) is 6.18 Å².